The van der Waals surface area contributed by atoms with Crippen LogP contribution in [-0.4, -0.2) is 24.3 Å². The van der Waals surface area contributed by atoms with Gasteiger partial charge in [-0.25, -0.2) is 0 Å². The fourth-order valence-electron chi connectivity index (χ4n) is 1.76. The van der Waals surface area contributed by atoms with Gasteiger partial charge in [-0.2, -0.15) is 0 Å². The third-order valence-electron chi connectivity index (χ3n) is 2.39. The van der Waals surface area contributed by atoms with E-state index in [1.54, 1.807) is 0 Å². The molecular formula is C8H17NO. The number of rotatable bonds is 2. The highest BCUT2D eigenvalue weighted by atomic mass is 16.3. The maximum absolute atomic E-state index is 8.75. The number of aliphatic hydroxyl groups excluding tert-OH is 1. The number of hydrogen-bond donors (Lipinski definition) is 2. The second kappa shape index (κ2) is 2.89. The molecule has 10 heavy (non-hydrogen) atoms. The molecule has 2 heteroatoms. The molecule has 0 amide bonds. The third kappa shape index (κ3) is 1.70. The highest BCUT2D eigenvalue weighted by Gasteiger charge is 2.31. The summed E-state index contributed by atoms with van der Waals surface area (Å²) in [4.78, 5) is 0. The molecule has 1 aliphatic heterocycles. The van der Waals surface area contributed by atoms with Gasteiger partial charge in [0, 0.05) is 19.2 Å². The molecule has 0 saturated carbocycles. The van der Waals surface area contributed by atoms with E-state index in [1.807, 2.05) is 0 Å². The Hall–Kier alpha value is -0.0800. The van der Waals surface area contributed by atoms with E-state index in [0.29, 0.717) is 18.1 Å². The van der Waals surface area contributed by atoms with Gasteiger partial charge in [-0.15, -0.1) is 0 Å². The zero-order valence-electron chi connectivity index (χ0n) is 6.85. The molecular weight excluding hydrogens is 126 g/mol. The topological polar surface area (TPSA) is 32.3 Å². The summed E-state index contributed by atoms with van der Waals surface area (Å²) in [6, 6.07) is 0.636. The van der Waals surface area contributed by atoms with Crippen LogP contribution >= 0.6 is 0 Å². The summed E-state index contributed by atoms with van der Waals surface area (Å²) in [5.74, 6) is 0. The van der Waals surface area contributed by atoms with Crippen LogP contribution in [0.4, 0.5) is 0 Å². The van der Waals surface area contributed by atoms with Crippen LogP contribution in [0.3, 0.4) is 0 Å². The first-order valence-corrected chi connectivity index (χ1v) is 4.00. The molecule has 0 radical (unpaired) electrons. The van der Waals surface area contributed by atoms with E-state index in [4.69, 9.17) is 5.11 Å². The van der Waals surface area contributed by atoms with Gasteiger partial charge >= 0.3 is 0 Å². The van der Waals surface area contributed by atoms with Gasteiger partial charge in [-0.05, 0) is 25.2 Å². The maximum Gasteiger partial charge on any atom is 0.0436 e. The van der Waals surface area contributed by atoms with Crippen molar-refractivity contribution in [2.24, 2.45) is 5.41 Å². The van der Waals surface area contributed by atoms with Crippen molar-refractivity contribution in [3.05, 3.63) is 0 Å². The zero-order chi connectivity index (χ0) is 7.61. The molecule has 60 valence electrons. The Morgan fingerprint density at radius 1 is 1.70 bits per heavy atom. The Bertz CT molecular complexity index is 112. The van der Waals surface area contributed by atoms with Crippen molar-refractivity contribution < 1.29 is 5.11 Å². The van der Waals surface area contributed by atoms with Crippen LogP contribution in [-0.2, 0) is 0 Å². The minimum absolute atomic E-state index is 0.324. The molecule has 1 aliphatic rings. The predicted octanol–water partition coefficient (Wildman–Crippen LogP) is 0.757. The fourth-order valence-corrected chi connectivity index (χ4v) is 1.76. The van der Waals surface area contributed by atoms with Crippen LogP contribution in [0.2, 0.25) is 0 Å². The Balaban J connectivity index is 2.38. The van der Waals surface area contributed by atoms with E-state index >= 15 is 0 Å². The number of hydrogen-bond acceptors (Lipinski definition) is 2. The van der Waals surface area contributed by atoms with Crippen molar-refractivity contribution in [3.63, 3.8) is 0 Å². The summed E-state index contributed by atoms with van der Waals surface area (Å²) in [6.07, 6.45) is 2.14. The van der Waals surface area contributed by atoms with Gasteiger partial charge < -0.3 is 10.4 Å². The summed E-state index contributed by atoms with van der Waals surface area (Å²) in [7, 11) is 0. The number of nitrogens with one attached hydrogen (secondary N) is 1. The molecule has 1 saturated heterocycles. The van der Waals surface area contributed by atoms with Crippen LogP contribution in [0.15, 0.2) is 0 Å². The molecule has 2 N–H and O–H groups in total. The van der Waals surface area contributed by atoms with Crippen LogP contribution in [0.25, 0.3) is 0 Å². The Morgan fingerprint density at radius 3 is 2.80 bits per heavy atom. The second-order valence-corrected chi connectivity index (χ2v) is 3.77. The Labute approximate surface area is 62.6 Å². The second-order valence-electron chi connectivity index (χ2n) is 3.77. The lowest BCUT2D eigenvalue weighted by Crippen LogP contribution is -2.21. The largest absolute Gasteiger partial charge is 0.396 e. The molecule has 1 fully saturated rings. The third-order valence-corrected chi connectivity index (χ3v) is 2.39. The summed E-state index contributed by atoms with van der Waals surface area (Å²) in [5, 5.41) is 12.1. The highest BCUT2D eigenvalue weighted by Crippen LogP contribution is 2.30. The van der Waals surface area contributed by atoms with Crippen molar-refractivity contribution in [2.75, 3.05) is 13.2 Å². The summed E-state index contributed by atoms with van der Waals surface area (Å²) in [5.41, 5.74) is 0.355. The molecule has 0 aromatic rings. The van der Waals surface area contributed by atoms with Crippen molar-refractivity contribution >= 4 is 0 Å². The monoisotopic (exact) mass is 143 g/mol. The van der Waals surface area contributed by atoms with Gasteiger partial charge in [0.25, 0.3) is 0 Å². The Morgan fingerprint density at radius 2 is 2.40 bits per heavy atom. The first kappa shape index (κ1) is 8.02. The molecule has 0 aliphatic carbocycles. The van der Waals surface area contributed by atoms with Gasteiger partial charge in [0.05, 0.1) is 0 Å². The summed E-state index contributed by atoms with van der Waals surface area (Å²) in [6.45, 7) is 5.82. The first-order valence-electron chi connectivity index (χ1n) is 4.00. The molecule has 2 unspecified atom stereocenters. The standard InChI is InChI=1S/C8H17NO/c1-7-5-8(2,3-4-10)6-9-7/h7,9-10H,3-6H2,1-2H3. The molecule has 0 spiro atoms. The van der Waals surface area contributed by atoms with Crippen molar-refractivity contribution in [2.45, 2.75) is 32.7 Å². The van der Waals surface area contributed by atoms with Gasteiger partial charge in [0.2, 0.25) is 0 Å². The quantitative estimate of drug-likeness (QED) is 0.598. The van der Waals surface area contributed by atoms with Gasteiger partial charge in [0.15, 0.2) is 0 Å². The molecule has 2 atom stereocenters. The summed E-state index contributed by atoms with van der Waals surface area (Å²) >= 11 is 0. The molecule has 2 nitrogen and oxygen atoms in total. The van der Waals surface area contributed by atoms with E-state index in [1.165, 1.54) is 6.42 Å². The van der Waals surface area contributed by atoms with Crippen molar-refractivity contribution in [1.29, 1.82) is 0 Å². The van der Waals surface area contributed by atoms with E-state index < -0.39 is 0 Å². The lowest BCUT2D eigenvalue weighted by Gasteiger charge is -2.20. The lowest BCUT2D eigenvalue weighted by molar-refractivity contribution is 0.209. The van der Waals surface area contributed by atoms with E-state index in [0.717, 1.165) is 13.0 Å². The van der Waals surface area contributed by atoms with E-state index in [2.05, 4.69) is 19.2 Å². The minimum atomic E-state index is 0.324. The SMILES string of the molecule is CC1CC(C)(CCO)CN1. The molecule has 0 aromatic heterocycles. The average molecular weight is 143 g/mol. The highest BCUT2D eigenvalue weighted by molar-refractivity contribution is 4.88. The normalized spacial score (nSPS) is 40.5. The molecule has 0 bridgehead atoms. The van der Waals surface area contributed by atoms with Crippen molar-refractivity contribution in [1.82, 2.24) is 5.32 Å². The zero-order valence-corrected chi connectivity index (χ0v) is 6.85. The smallest absolute Gasteiger partial charge is 0.0436 e. The first-order chi connectivity index (χ1) is 4.66. The Kier molecular flexibility index (Phi) is 2.32. The van der Waals surface area contributed by atoms with Crippen LogP contribution in [0, 0.1) is 5.41 Å². The average Bonchev–Trinajstić information content (AvgIpc) is 2.12. The van der Waals surface area contributed by atoms with E-state index in [-0.39, 0.29) is 0 Å². The number of aliphatic hydroxyl groups is 1. The van der Waals surface area contributed by atoms with E-state index in [9.17, 15) is 0 Å². The van der Waals surface area contributed by atoms with Gasteiger partial charge in [0.1, 0.15) is 0 Å². The molecule has 1 rings (SSSR count). The van der Waals surface area contributed by atoms with Gasteiger partial charge in [-0.3, -0.25) is 0 Å². The van der Waals surface area contributed by atoms with Crippen molar-refractivity contribution in [3.8, 4) is 0 Å². The van der Waals surface area contributed by atoms with Crippen LogP contribution < -0.4 is 5.32 Å². The minimum Gasteiger partial charge on any atom is -0.396 e. The summed E-state index contributed by atoms with van der Waals surface area (Å²) < 4.78 is 0. The lowest BCUT2D eigenvalue weighted by atomic mass is 9.85. The fraction of sp³-hybridized carbons (Fsp3) is 1.00. The van der Waals surface area contributed by atoms with Gasteiger partial charge in [-0.1, -0.05) is 6.92 Å². The van der Waals surface area contributed by atoms with Crippen LogP contribution in [0.1, 0.15) is 26.7 Å². The van der Waals surface area contributed by atoms with Crippen LogP contribution in [0.5, 0.6) is 0 Å². The maximum atomic E-state index is 8.75. The predicted molar refractivity (Wildman–Crippen MR) is 41.9 cm³/mol. The molecule has 0 aromatic carbocycles. The molecule has 1 heterocycles.